The molecule has 0 radical (unpaired) electrons. The molecule has 0 spiro atoms. The minimum Gasteiger partial charge on any atom is -0.395 e. The largest absolute Gasteiger partial charge is 0.395 e. The van der Waals surface area contributed by atoms with Gasteiger partial charge < -0.3 is 15.5 Å². The Bertz CT molecular complexity index is 104. The van der Waals surface area contributed by atoms with E-state index in [4.69, 9.17) is 5.11 Å². The van der Waals surface area contributed by atoms with Crippen LogP contribution in [0.15, 0.2) is 0 Å². The van der Waals surface area contributed by atoms with Crippen molar-refractivity contribution in [1.29, 1.82) is 0 Å². The zero-order valence-electron chi connectivity index (χ0n) is 7.59. The van der Waals surface area contributed by atoms with Gasteiger partial charge in [0.1, 0.15) is 0 Å². The van der Waals surface area contributed by atoms with Crippen molar-refractivity contribution in [3.63, 3.8) is 0 Å². The van der Waals surface area contributed by atoms with Crippen molar-refractivity contribution in [2.45, 2.75) is 38.8 Å². The normalized spacial score (nSPS) is 19.4. The summed E-state index contributed by atoms with van der Waals surface area (Å²) in [6, 6.07) is 0.0630. The van der Waals surface area contributed by atoms with Gasteiger partial charge in [-0.2, -0.15) is 0 Å². The van der Waals surface area contributed by atoms with Gasteiger partial charge in [0, 0.05) is 12.6 Å². The van der Waals surface area contributed by atoms with Crippen molar-refractivity contribution in [3.8, 4) is 0 Å². The molecule has 0 saturated carbocycles. The number of rotatable bonds is 5. The van der Waals surface area contributed by atoms with Gasteiger partial charge in [0.15, 0.2) is 0 Å². The zero-order chi connectivity index (χ0) is 8.91. The van der Waals surface area contributed by atoms with Crippen molar-refractivity contribution < 1.29 is 10.2 Å². The average Bonchev–Trinajstić information content (AvgIpc) is 2.00. The Morgan fingerprint density at radius 1 is 1.55 bits per heavy atom. The third kappa shape index (κ3) is 5.18. The maximum absolute atomic E-state index is 9.52. The molecule has 0 aliphatic heterocycles. The molecule has 3 heteroatoms. The molecule has 0 fully saturated rings. The van der Waals surface area contributed by atoms with Crippen LogP contribution in [0.25, 0.3) is 0 Å². The van der Waals surface area contributed by atoms with E-state index in [-0.39, 0.29) is 12.6 Å². The van der Waals surface area contributed by atoms with Gasteiger partial charge in [-0.15, -0.1) is 0 Å². The Morgan fingerprint density at radius 2 is 2.09 bits per heavy atom. The smallest absolute Gasteiger partial charge is 0.0741 e. The lowest BCUT2D eigenvalue weighted by atomic mass is 10.0. The van der Waals surface area contributed by atoms with Crippen molar-refractivity contribution in [3.05, 3.63) is 0 Å². The Balaban J connectivity index is 3.52. The second-order valence-electron chi connectivity index (χ2n) is 3.32. The van der Waals surface area contributed by atoms with Crippen molar-refractivity contribution in [1.82, 2.24) is 5.32 Å². The fraction of sp³-hybridized carbons (Fsp3) is 1.00. The molecule has 0 aliphatic rings. The Labute approximate surface area is 68.4 Å². The summed E-state index contributed by atoms with van der Waals surface area (Å²) in [5, 5.41) is 21.2. The van der Waals surface area contributed by atoms with E-state index in [0.29, 0.717) is 6.54 Å². The molecule has 0 rings (SSSR count). The molecule has 2 atom stereocenters. The molecule has 3 N–H and O–H groups in total. The predicted molar refractivity (Wildman–Crippen MR) is 45.5 cm³/mol. The van der Waals surface area contributed by atoms with Gasteiger partial charge in [-0.1, -0.05) is 6.92 Å². The average molecular weight is 161 g/mol. The molecular formula is C8H19NO2. The lowest BCUT2D eigenvalue weighted by Gasteiger charge is -2.23. The van der Waals surface area contributed by atoms with Crippen LogP contribution in [0.4, 0.5) is 0 Å². The molecule has 0 aromatic heterocycles. The van der Waals surface area contributed by atoms with Crippen LogP contribution in [0.3, 0.4) is 0 Å². The topological polar surface area (TPSA) is 52.5 Å². The number of nitrogens with one attached hydrogen (secondary N) is 1. The molecular weight excluding hydrogens is 142 g/mol. The first-order valence-corrected chi connectivity index (χ1v) is 4.08. The van der Waals surface area contributed by atoms with E-state index >= 15 is 0 Å². The fourth-order valence-electron chi connectivity index (χ4n) is 0.584. The molecule has 0 heterocycles. The number of aliphatic hydroxyl groups excluding tert-OH is 1. The third-order valence-electron chi connectivity index (χ3n) is 1.87. The molecule has 0 saturated heterocycles. The number of hydrogen-bond donors (Lipinski definition) is 3. The van der Waals surface area contributed by atoms with Crippen LogP contribution in [0.1, 0.15) is 27.2 Å². The van der Waals surface area contributed by atoms with Gasteiger partial charge >= 0.3 is 0 Å². The predicted octanol–water partition coefficient (Wildman–Crippen LogP) is 0.118. The summed E-state index contributed by atoms with van der Waals surface area (Å²) in [5.41, 5.74) is -0.649. The summed E-state index contributed by atoms with van der Waals surface area (Å²) in [5.74, 6) is 0. The Kier molecular flexibility index (Phi) is 4.65. The molecule has 11 heavy (non-hydrogen) atoms. The summed E-state index contributed by atoms with van der Waals surface area (Å²) in [6.07, 6.45) is 0.720. The highest BCUT2D eigenvalue weighted by Gasteiger charge is 2.17. The maximum atomic E-state index is 9.52. The monoisotopic (exact) mass is 161 g/mol. The SMILES string of the molecule is CCC(C)(O)CNC(C)CO. The fourth-order valence-corrected chi connectivity index (χ4v) is 0.584. The van der Waals surface area contributed by atoms with E-state index in [9.17, 15) is 5.11 Å². The van der Waals surface area contributed by atoms with Gasteiger partial charge in [-0.25, -0.2) is 0 Å². The van der Waals surface area contributed by atoms with E-state index in [2.05, 4.69) is 5.32 Å². The van der Waals surface area contributed by atoms with Crippen LogP contribution in [-0.2, 0) is 0 Å². The standard InChI is InChI=1S/C8H19NO2/c1-4-8(3,11)6-9-7(2)5-10/h7,9-11H,4-6H2,1-3H3. The highest BCUT2D eigenvalue weighted by atomic mass is 16.3. The van der Waals surface area contributed by atoms with Gasteiger partial charge in [0.25, 0.3) is 0 Å². The first-order chi connectivity index (χ1) is 5.02. The van der Waals surface area contributed by atoms with E-state index in [1.54, 1.807) is 6.92 Å². The molecule has 2 unspecified atom stereocenters. The van der Waals surface area contributed by atoms with Crippen LogP contribution >= 0.6 is 0 Å². The minimum atomic E-state index is -0.649. The van der Waals surface area contributed by atoms with Crippen LogP contribution in [0.2, 0.25) is 0 Å². The summed E-state index contributed by atoms with van der Waals surface area (Å²) in [7, 11) is 0. The summed E-state index contributed by atoms with van der Waals surface area (Å²) in [6.45, 7) is 6.24. The molecule has 0 aromatic carbocycles. The van der Waals surface area contributed by atoms with Crippen molar-refractivity contribution >= 4 is 0 Å². The van der Waals surface area contributed by atoms with E-state index in [1.165, 1.54) is 0 Å². The van der Waals surface area contributed by atoms with Gasteiger partial charge in [-0.3, -0.25) is 0 Å². The summed E-state index contributed by atoms with van der Waals surface area (Å²) in [4.78, 5) is 0. The highest BCUT2D eigenvalue weighted by molar-refractivity contribution is 4.74. The third-order valence-corrected chi connectivity index (χ3v) is 1.87. The Morgan fingerprint density at radius 3 is 2.45 bits per heavy atom. The number of hydrogen-bond acceptors (Lipinski definition) is 3. The first kappa shape index (κ1) is 10.9. The molecule has 0 amide bonds. The first-order valence-electron chi connectivity index (χ1n) is 4.08. The van der Waals surface area contributed by atoms with E-state index in [0.717, 1.165) is 6.42 Å². The van der Waals surface area contributed by atoms with Gasteiger partial charge in [0.2, 0.25) is 0 Å². The molecule has 0 aliphatic carbocycles. The summed E-state index contributed by atoms with van der Waals surface area (Å²) >= 11 is 0. The molecule has 68 valence electrons. The van der Waals surface area contributed by atoms with Gasteiger partial charge in [0.05, 0.1) is 12.2 Å². The lowest BCUT2D eigenvalue weighted by Crippen LogP contribution is -2.42. The van der Waals surface area contributed by atoms with Gasteiger partial charge in [-0.05, 0) is 20.3 Å². The zero-order valence-corrected chi connectivity index (χ0v) is 7.59. The van der Waals surface area contributed by atoms with E-state index < -0.39 is 5.60 Å². The van der Waals surface area contributed by atoms with Crippen LogP contribution in [-0.4, -0.2) is 35.0 Å². The van der Waals surface area contributed by atoms with Crippen LogP contribution in [0.5, 0.6) is 0 Å². The Hall–Kier alpha value is -0.120. The summed E-state index contributed by atoms with van der Waals surface area (Å²) < 4.78 is 0. The molecule has 0 bridgehead atoms. The second kappa shape index (κ2) is 4.70. The van der Waals surface area contributed by atoms with Crippen molar-refractivity contribution in [2.75, 3.05) is 13.2 Å². The molecule has 3 nitrogen and oxygen atoms in total. The minimum absolute atomic E-state index is 0.0630. The van der Waals surface area contributed by atoms with E-state index in [1.807, 2.05) is 13.8 Å². The molecule has 0 aromatic rings. The maximum Gasteiger partial charge on any atom is 0.0741 e. The lowest BCUT2D eigenvalue weighted by molar-refractivity contribution is 0.0510. The van der Waals surface area contributed by atoms with Crippen LogP contribution in [0, 0.1) is 0 Å². The quantitative estimate of drug-likeness (QED) is 0.537. The van der Waals surface area contributed by atoms with Crippen molar-refractivity contribution in [2.24, 2.45) is 0 Å². The second-order valence-corrected chi connectivity index (χ2v) is 3.32. The highest BCUT2D eigenvalue weighted by Crippen LogP contribution is 2.05. The van der Waals surface area contributed by atoms with Crippen LogP contribution < -0.4 is 5.32 Å². The number of aliphatic hydroxyl groups is 2.